The van der Waals surface area contributed by atoms with Crippen molar-refractivity contribution in [3.63, 3.8) is 0 Å². The van der Waals surface area contributed by atoms with Gasteiger partial charge in [0, 0.05) is 17.2 Å². The summed E-state index contributed by atoms with van der Waals surface area (Å²) in [6, 6.07) is 5.51. The van der Waals surface area contributed by atoms with E-state index in [1.165, 1.54) is 0 Å². The van der Waals surface area contributed by atoms with E-state index in [9.17, 15) is 13.2 Å². The fourth-order valence-corrected chi connectivity index (χ4v) is 3.80. The summed E-state index contributed by atoms with van der Waals surface area (Å²) in [5.74, 6) is 5.49. The molecule has 2 aliphatic rings. The maximum absolute atomic E-state index is 13.4. The minimum atomic E-state index is -4.65. The van der Waals surface area contributed by atoms with E-state index in [1.54, 1.807) is 12.3 Å². The van der Waals surface area contributed by atoms with Crippen LogP contribution in [-0.2, 0) is 6.18 Å². The molecule has 1 aliphatic carbocycles. The highest BCUT2D eigenvalue weighted by atomic mass is 19.4. The molecule has 0 amide bonds. The van der Waals surface area contributed by atoms with Gasteiger partial charge >= 0.3 is 6.18 Å². The number of fused-ring (bicyclic) bond motifs is 2. The van der Waals surface area contributed by atoms with E-state index >= 15 is 0 Å². The van der Waals surface area contributed by atoms with Crippen LogP contribution in [0.5, 0.6) is 0 Å². The average Bonchev–Trinajstić information content (AvgIpc) is 3.29. The number of aromatic nitrogens is 4. The third-order valence-electron chi connectivity index (χ3n) is 5.28. The monoisotopic (exact) mass is 407 g/mol. The highest BCUT2D eigenvalue weighted by molar-refractivity contribution is 5.67. The van der Waals surface area contributed by atoms with Crippen molar-refractivity contribution in [3.8, 4) is 11.8 Å². The first-order chi connectivity index (χ1) is 14.4. The molecular weight excluding hydrogens is 391 g/mol. The molecule has 0 fully saturated rings. The lowest BCUT2D eigenvalue weighted by atomic mass is 9.87. The molecule has 1 aromatic carbocycles. The Labute approximate surface area is 170 Å². The van der Waals surface area contributed by atoms with Crippen LogP contribution in [0.4, 0.5) is 13.2 Å². The van der Waals surface area contributed by atoms with E-state index in [4.69, 9.17) is 0 Å². The van der Waals surface area contributed by atoms with Crippen molar-refractivity contribution in [1.29, 1.82) is 0 Å². The van der Waals surface area contributed by atoms with Crippen molar-refractivity contribution in [3.05, 3.63) is 76.1 Å². The largest absolute Gasteiger partial charge is 0.453 e. The molecular formula is C22H16F3N5. The van der Waals surface area contributed by atoms with E-state index in [-0.39, 0.29) is 11.7 Å². The molecule has 150 valence electrons. The Balaban J connectivity index is 1.78. The van der Waals surface area contributed by atoms with E-state index < -0.39 is 12.0 Å². The second-order valence-electron chi connectivity index (χ2n) is 7.31. The van der Waals surface area contributed by atoms with Gasteiger partial charge in [-0.1, -0.05) is 49.1 Å². The summed E-state index contributed by atoms with van der Waals surface area (Å²) in [5.41, 5.74) is 3.37. The van der Waals surface area contributed by atoms with Crippen LogP contribution in [0, 0.1) is 11.8 Å². The summed E-state index contributed by atoms with van der Waals surface area (Å²) in [6.07, 6.45) is 5.13. The van der Waals surface area contributed by atoms with E-state index in [2.05, 4.69) is 39.4 Å². The van der Waals surface area contributed by atoms with Crippen molar-refractivity contribution in [2.75, 3.05) is 0 Å². The number of benzene rings is 1. The zero-order valence-electron chi connectivity index (χ0n) is 15.9. The zero-order chi connectivity index (χ0) is 20.9. The first kappa shape index (κ1) is 18.4. The molecule has 2 unspecified atom stereocenters. The van der Waals surface area contributed by atoms with Crippen LogP contribution in [0.2, 0.25) is 0 Å². The van der Waals surface area contributed by atoms with Crippen LogP contribution in [0.3, 0.4) is 0 Å². The lowest BCUT2D eigenvalue weighted by molar-refractivity contribution is -0.146. The highest BCUT2D eigenvalue weighted by Crippen LogP contribution is 2.29. The molecule has 0 bridgehead atoms. The topological polar surface area (TPSA) is 55.1 Å². The van der Waals surface area contributed by atoms with Crippen LogP contribution < -0.4 is 10.5 Å². The third-order valence-corrected chi connectivity index (χ3v) is 5.28. The Kier molecular flexibility index (Phi) is 4.13. The molecule has 0 radical (unpaired) electrons. The minimum absolute atomic E-state index is 0.0662. The SMILES string of the molecule is CC1CC#Cc2c(/C=c3\c(C4C=CC=CN4)nn4c(C(F)(F)F)nnc34)cccc21. The number of nitrogens with zero attached hydrogens (tertiary/aromatic N) is 4. The zero-order valence-corrected chi connectivity index (χ0v) is 15.9. The molecule has 2 aromatic heterocycles. The number of rotatable bonds is 2. The molecule has 1 N–H and O–H groups in total. The molecule has 2 atom stereocenters. The van der Waals surface area contributed by atoms with Crippen molar-refractivity contribution in [2.24, 2.45) is 0 Å². The Hall–Kier alpha value is -3.60. The van der Waals surface area contributed by atoms with Crippen molar-refractivity contribution in [2.45, 2.75) is 31.5 Å². The quantitative estimate of drug-likeness (QED) is 0.663. The first-order valence-corrected chi connectivity index (χ1v) is 9.48. The van der Waals surface area contributed by atoms with Crippen molar-refractivity contribution >= 4 is 11.7 Å². The van der Waals surface area contributed by atoms with Crippen LogP contribution in [0.25, 0.3) is 11.7 Å². The van der Waals surface area contributed by atoms with Gasteiger partial charge in [0.1, 0.15) is 0 Å². The molecule has 8 heteroatoms. The number of allylic oxidation sites excluding steroid dienone is 2. The van der Waals surface area contributed by atoms with Crippen LogP contribution in [0.15, 0.2) is 42.6 Å². The van der Waals surface area contributed by atoms with E-state index in [1.807, 2.05) is 36.4 Å². The molecule has 1 aliphatic heterocycles. The van der Waals surface area contributed by atoms with Crippen LogP contribution >= 0.6 is 0 Å². The normalized spacial score (nSPS) is 20.7. The maximum Gasteiger partial charge on any atom is 0.453 e. The van der Waals surface area contributed by atoms with Gasteiger partial charge in [-0.2, -0.15) is 22.8 Å². The summed E-state index contributed by atoms with van der Waals surface area (Å²) >= 11 is 0. The van der Waals surface area contributed by atoms with Gasteiger partial charge in [-0.05, 0) is 35.4 Å². The van der Waals surface area contributed by atoms with Crippen molar-refractivity contribution in [1.82, 2.24) is 25.1 Å². The summed E-state index contributed by atoms with van der Waals surface area (Å²) in [7, 11) is 0. The lowest BCUT2D eigenvalue weighted by Crippen LogP contribution is -2.22. The van der Waals surface area contributed by atoms with Gasteiger partial charge < -0.3 is 5.32 Å². The van der Waals surface area contributed by atoms with Gasteiger partial charge in [-0.3, -0.25) is 0 Å². The minimum Gasteiger partial charge on any atom is -0.379 e. The number of alkyl halides is 3. The Morgan fingerprint density at radius 3 is 2.87 bits per heavy atom. The fraction of sp³-hybridized carbons (Fsp3) is 0.227. The molecule has 5 nitrogen and oxygen atoms in total. The van der Waals surface area contributed by atoms with Gasteiger partial charge in [0.15, 0.2) is 5.65 Å². The van der Waals surface area contributed by atoms with Crippen LogP contribution in [-0.4, -0.2) is 19.8 Å². The second-order valence-corrected chi connectivity index (χ2v) is 7.31. The Morgan fingerprint density at radius 2 is 2.10 bits per heavy atom. The average molecular weight is 407 g/mol. The van der Waals surface area contributed by atoms with E-state index in [0.29, 0.717) is 16.8 Å². The predicted molar refractivity (Wildman–Crippen MR) is 105 cm³/mol. The summed E-state index contributed by atoms with van der Waals surface area (Å²) in [6.45, 7) is 2.11. The standard InChI is InChI=1S/C22H16F3N5/c1-13-6-4-9-16-14(7-5-8-15(13)16)12-17-19(18-10-2-3-11-26-18)29-30-20(17)27-28-21(30)22(23,24)25/h2-3,5,7-8,10-13,18,26H,6H2,1H3/b17-12+. The van der Waals surface area contributed by atoms with Gasteiger partial charge in [-0.15, -0.1) is 10.2 Å². The molecule has 3 heterocycles. The Morgan fingerprint density at radius 1 is 1.23 bits per heavy atom. The molecule has 0 saturated carbocycles. The number of halogens is 3. The summed E-state index contributed by atoms with van der Waals surface area (Å²) in [4.78, 5) is 0. The molecule has 30 heavy (non-hydrogen) atoms. The number of nitrogens with one attached hydrogen (secondary N) is 1. The number of dihydropyridines is 1. The number of hydrogen-bond donors (Lipinski definition) is 1. The fourth-order valence-electron chi connectivity index (χ4n) is 3.80. The van der Waals surface area contributed by atoms with Gasteiger partial charge in [0.2, 0.25) is 0 Å². The van der Waals surface area contributed by atoms with Crippen LogP contribution in [0.1, 0.15) is 53.5 Å². The second kappa shape index (κ2) is 6.73. The predicted octanol–water partition coefficient (Wildman–Crippen LogP) is 3.26. The van der Waals surface area contributed by atoms with E-state index in [0.717, 1.165) is 27.6 Å². The molecule has 0 spiro atoms. The third kappa shape index (κ3) is 2.94. The van der Waals surface area contributed by atoms with Gasteiger partial charge in [0.25, 0.3) is 5.82 Å². The highest BCUT2D eigenvalue weighted by Gasteiger charge is 2.38. The first-order valence-electron chi connectivity index (χ1n) is 9.48. The summed E-state index contributed by atoms with van der Waals surface area (Å²) < 4.78 is 41.0. The van der Waals surface area contributed by atoms with Gasteiger partial charge in [-0.25, -0.2) is 0 Å². The Bertz CT molecular complexity index is 1320. The molecule has 0 saturated heterocycles. The molecule has 3 aromatic rings. The summed E-state index contributed by atoms with van der Waals surface area (Å²) in [5, 5.41) is 15.0. The smallest absolute Gasteiger partial charge is 0.379 e. The van der Waals surface area contributed by atoms with Gasteiger partial charge in [0.05, 0.1) is 11.7 Å². The lowest BCUT2D eigenvalue weighted by Gasteiger charge is -2.16. The maximum atomic E-state index is 13.4. The molecule has 5 rings (SSSR count). The van der Waals surface area contributed by atoms with Crippen molar-refractivity contribution < 1.29 is 13.2 Å². The number of hydrogen-bond acceptors (Lipinski definition) is 4.